The van der Waals surface area contributed by atoms with E-state index in [1.165, 1.54) is 25.7 Å². The van der Waals surface area contributed by atoms with Gasteiger partial charge in [0.1, 0.15) is 11.6 Å². The summed E-state index contributed by atoms with van der Waals surface area (Å²) in [4.78, 5) is 13.6. The molecule has 122 valence electrons. The van der Waals surface area contributed by atoms with Crippen LogP contribution in [0.1, 0.15) is 70.0 Å². The van der Waals surface area contributed by atoms with Gasteiger partial charge >= 0.3 is 0 Å². The number of hydrogen-bond acceptors (Lipinski definition) is 6. The summed E-state index contributed by atoms with van der Waals surface area (Å²) < 4.78 is 5.50. The van der Waals surface area contributed by atoms with Crippen molar-refractivity contribution in [1.82, 2.24) is 20.1 Å². The summed E-state index contributed by atoms with van der Waals surface area (Å²) >= 11 is 0. The molecule has 4 rings (SSSR count). The van der Waals surface area contributed by atoms with E-state index in [1.807, 2.05) is 0 Å². The van der Waals surface area contributed by atoms with Gasteiger partial charge in [0.05, 0.1) is 5.56 Å². The number of rotatable bonds is 4. The Morgan fingerprint density at radius 2 is 1.87 bits per heavy atom. The fourth-order valence-corrected chi connectivity index (χ4v) is 3.54. The van der Waals surface area contributed by atoms with E-state index in [-0.39, 0.29) is 5.41 Å². The summed E-state index contributed by atoms with van der Waals surface area (Å²) in [5.74, 6) is 3.54. The van der Waals surface area contributed by atoms with E-state index in [1.54, 1.807) is 6.20 Å². The zero-order valence-corrected chi connectivity index (χ0v) is 13.7. The molecule has 6 heteroatoms. The number of nitrogens with two attached hydrogens (primary N) is 1. The monoisotopic (exact) mass is 313 g/mol. The molecule has 2 fully saturated rings. The molecule has 0 spiro atoms. The third kappa shape index (κ3) is 2.60. The third-order valence-electron chi connectivity index (χ3n) is 5.37. The first-order chi connectivity index (χ1) is 11.1. The van der Waals surface area contributed by atoms with Gasteiger partial charge in [-0.1, -0.05) is 31.8 Å². The van der Waals surface area contributed by atoms with Gasteiger partial charge in [-0.15, -0.1) is 0 Å². The van der Waals surface area contributed by atoms with Gasteiger partial charge < -0.3 is 10.3 Å². The topological polar surface area (TPSA) is 90.7 Å². The molecule has 0 radical (unpaired) electrons. The zero-order valence-electron chi connectivity index (χ0n) is 13.7. The van der Waals surface area contributed by atoms with Crippen LogP contribution in [0.25, 0.3) is 11.4 Å². The van der Waals surface area contributed by atoms with Crippen LogP contribution in [-0.4, -0.2) is 20.1 Å². The summed E-state index contributed by atoms with van der Waals surface area (Å²) in [6.45, 7) is 4.32. The maximum absolute atomic E-state index is 6.14. The Morgan fingerprint density at radius 1 is 1.13 bits per heavy atom. The van der Waals surface area contributed by atoms with Gasteiger partial charge in [0, 0.05) is 17.5 Å². The van der Waals surface area contributed by atoms with Gasteiger partial charge in [-0.3, -0.25) is 0 Å². The molecule has 2 heterocycles. The van der Waals surface area contributed by atoms with E-state index in [0.29, 0.717) is 34.9 Å². The molecule has 0 unspecified atom stereocenters. The summed E-state index contributed by atoms with van der Waals surface area (Å²) in [6.07, 6.45) is 9.01. The maximum atomic E-state index is 6.14. The molecule has 2 aliphatic carbocycles. The second-order valence-corrected chi connectivity index (χ2v) is 7.43. The van der Waals surface area contributed by atoms with E-state index in [9.17, 15) is 0 Å². The lowest BCUT2D eigenvalue weighted by Gasteiger charge is -2.18. The van der Waals surface area contributed by atoms with E-state index < -0.39 is 0 Å². The van der Waals surface area contributed by atoms with E-state index in [4.69, 9.17) is 10.3 Å². The molecule has 0 bridgehead atoms. The predicted octanol–water partition coefficient (Wildman–Crippen LogP) is 3.45. The molecular weight excluding hydrogens is 290 g/mol. The lowest BCUT2D eigenvalue weighted by Crippen LogP contribution is -2.20. The smallest absolute Gasteiger partial charge is 0.232 e. The molecule has 2 aliphatic rings. The SMILES string of the molecule is CC(C)(c1nc(-c2cnc(C3CCCC3)nc2N)no1)C1CC1. The highest BCUT2D eigenvalue weighted by atomic mass is 16.5. The van der Waals surface area contributed by atoms with Crippen molar-refractivity contribution in [1.29, 1.82) is 0 Å². The van der Waals surface area contributed by atoms with E-state index >= 15 is 0 Å². The predicted molar refractivity (Wildman–Crippen MR) is 86.7 cm³/mol. The summed E-state index contributed by atoms with van der Waals surface area (Å²) in [6, 6.07) is 0. The van der Waals surface area contributed by atoms with Gasteiger partial charge in [-0.05, 0) is 31.6 Å². The van der Waals surface area contributed by atoms with Crippen molar-refractivity contribution < 1.29 is 4.52 Å². The number of hydrogen-bond donors (Lipinski definition) is 1. The second-order valence-electron chi connectivity index (χ2n) is 7.43. The first-order valence-corrected chi connectivity index (χ1v) is 8.52. The number of anilines is 1. The van der Waals surface area contributed by atoms with Crippen molar-refractivity contribution in [3.63, 3.8) is 0 Å². The summed E-state index contributed by atoms with van der Waals surface area (Å²) in [7, 11) is 0. The number of aromatic nitrogens is 4. The van der Waals surface area contributed by atoms with Crippen molar-refractivity contribution >= 4 is 5.82 Å². The minimum atomic E-state index is -0.0787. The van der Waals surface area contributed by atoms with Crippen LogP contribution in [0.15, 0.2) is 10.7 Å². The highest BCUT2D eigenvalue weighted by molar-refractivity contribution is 5.66. The minimum Gasteiger partial charge on any atom is -0.383 e. The average molecular weight is 313 g/mol. The van der Waals surface area contributed by atoms with Crippen molar-refractivity contribution in [3.8, 4) is 11.4 Å². The van der Waals surface area contributed by atoms with Gasteiger partial charge in [0.25, 0.3) is 0 Å². The van der Waals surface area contributed by atoms with Crippen molar-refractivity contribution in [2.24, 2.45) is 5.92 Å². The van der Waals surface area contributed by atoms with Gasteiger partial charge in [-0.25, -0.2) is 9.97 Å². The van der Waals surface area contributed by atoms with Crippen LogP contribution in [0, 0.1) is 5.92 Å². The van der Waals surface area contributed by atoms with Gasteiger partial charge in [0.15, 0.2) is 0 Å². The van der Waals surface area contributed by atoms with Crippen LogP contribution in [0.2, 0.25) is 0 Å². The second kappa shape index (κ2) is 5.28. The molecule has 0 saturated heterocycles. The van der Waals surface area contributed by atoms with Gasteiger partial charge in [0.2, 0.25) is 11.7 Å². The third-order valence-corrected chi connectivity index (χ3v) is 5.37. The molecule has 6 nitrogen and oxygen atoms in total. The average Bonchev–Trinajstić information content (AvgIpc) is 3.06. The molecule has 2 aromatic heterocycles. The Morgan fingerprint density at radius 3 is 2.52 bits per heavy atom. The number of nitrogens with zero attached hydrogens (tertiary/aromatic N) is 4. The Labute approximate surface area is 135 Å². The zero-order chi connectivity index (χ0) is 16.0. The Kier molecular flexibility index (Phi) is 3.36. The quantitative estimate of drug-likeness (QED) is 0.929. The fraction of sp³-hybridized carbons (Fsp3) is 0.647. The highest BCUT2D eigenvalue weighted by Gasteiger charge is 2.43. The normalized spacial score (nSPS) is 19.4. The molecule has 2 saturated carbocycles. The Balaban J connectivity index is 1.61. The van der Waals surface area contributed by atoms with Crippen LogP contribution in [0.4, 0.5) is 5.82 Å². The van der Waals surface area contributed by atoms with Crippen LogP contribution in [0.5, 0.6) is 0 Å². The first-order valence-electron chi connectivity index (χ1n) is 8.52. The van der Waals surface area contributed by atoms with Crippen LogP contribution < -0.4 is 5.73 Å². The van der Waals surface area contributed by atoms with Crippen LogP contribution in [-0.2, 0) is 5.41 Å². The van der Waals surface area contributed by atoms with Crippen LogP contribution in [0.3, 0.4) is 0 Å². The van der Waals surface area contributed by atoms with Crippen molar-refractivity contribution in [3.05, 3.63) is 17.9 Å². The lowest BCUT2D eigenvalue weighted by atomic mass is 9.87. The molecule has 2 N–H and O–H groups in total. The number of nitrogen functional groups attached to an aromatic ring is 1. The largest absolute Gasteiger partial charge is 0.383 e. The maximum Gasteiger partial charge on any atom is 0.232 e. The molecule has 23 heavy (non-hydrogen) atoms. The van der Waals surface area contributed by atoms with Crippen LogP contribution >= 0.6 is 0 Å². The van der Waals surface area contributed by atoms with E-state index in [2.05, 4.69) is 34.0 Å². The highest BCUT2D eigenvalue weighted by Crippen LogP contribution is 2.46. The molecule has 0 aromatic carbocycles. The fourth-order valence-electron chi connectivity index (χ4n) is 3.54. The Hall–Kier alpha value is -1.98. The van der Waals surface area contributed by atoms with Crippen molar-refractivity contribution in [2.45, 2.75) is 63.7 Å². The molecule has 2 aromatic rings. The molecular formula is C17H23N5O. The standard InChI is InChI=1S/C17H23N5O/c1-17(2,11-7-8-11)16-21-15(22-23-16)12-9-19-14(20-13(12)18)10-5-3-4-6-10/h9-11H,3-8H2,1-2H3,(H2,18,19,20). The summed E-state index contributed by atoms with van der Waals surface area (Å²) in [5, 5.41) is 4.10. The molecule has 0 atom stereocenters. The molecule has 0 amide bonds. The summed E-state index contributed by atoms with van der Waals surface area (Å²) in [5.41, 5.74) is 6.72. The minimum absolute atomic E-state index is 0.0787. The Bertz CT molecular complexity index is 714. The van der Waals surface area contributed by atoms with E-state index in [0.717, 1.165) is 18.7 Å². The molecule has 0 aliphatic heterocycles. The van der Waals surface area contributed by atoms with Gasteiger partial charge in [-0.2, -0.15) is 4.98 Å². The first kappa shape index (κ1) is 14.6. The lowest BCUT2D eigenvalue weighted by molar-refractivity contribution is 0.285. The van der Waals surface area contributed by atoms with Crippen molar-refractivity contribution in [2.75, 3.05) is 5.73 Å².